The number of para-hydroxylation sites is 1. The number of aromatic nitrogens is 1. The van der Waals surface area contributed by atoms with E-state index in [9.17, 15) is 4.79 Å². The predicted octanol–water partition coefficient (Wildman–Crippen LogP) is 5.27. The Bertz CT molecular complexity index is 1180. The second-order valence-corrected chi connectivity index (χ2v) is 7.90. The number of aromatic amines is 1. The maximum Gasteiger partial charge on any atom is 0.191 e. The first kappa shape index (κ1) is 20.7. The van der Waals surface area contributed by atoms with Gasteiger partial charge in [0.1, 0.15) is 11.8 Å². The van der Waals surface area contributed by atoms with Crippen LogP contribution in [0, 0.1) is 0 Å². The lowest BCUT2D eigenvalue weighted by Crippen LogP contribution is -2.21. The van der Waals surface area contributed by atoms with Crippen LogP contribution in [0.5, 0.6) is 5.75 Å². The summed E-state index contributed by atoms with van der Waals surface area (Å²) in [7, 11) is 5.72. The van der Waals surface area contributed by atoms with E-state index in [2.05, 4.69) is 27.3 Å². The number of nitrogens with zero attached hydrogens (tertiary/aromatic N) is 1. The van der Waals surface area contributed by atoms with E-state index in [0.717, 1.165) is 34.4 Å². The number of fused-ring (bicyclic) bond motifs is 1. The second kappa shape index (κ2) is 9.06. The number of hydrogen-bond donors (Lipinski definition) is 2. The number of Topliss-reactive ketones (excluding diaryl/α,β-unsaturated/α-hetero) is 1. The van der Waals surface area contributed by atoms with Crippen LogP contribution in [-0.4, -0.2) is 36.9 Å². The number of methoxy groups -OCH3 is 1. The van der Waals surface area contributed by atoms with E-state index in [4.69, 9.17) is 4.74 Å². The molecule has 0 saturated heterocycles. The van der Waals surface area contributed by atoms with Crippen LogP contribution in [0.3, 0.4) is 0 Å². The Labute approximate surface area is 182 Å². The highest BCUT2D eigenvalue weighted by molar-refractivity contribution is 6.11. The molecule has 5 nitrogen and oxygen atoms in total. The zero-order valence-corrected chi connectivity index (χ0v) is 18.1. The van der Waals surface area contributed by atoms with Crippen molar-refractivity contribution >= 4 is 22.4 Å². The largest absolute Gasteiger partial charge is 0.497 e. The van der Waals surface area contributed by atoms with Crippen LogP contribution in [0.15, 0.2) is 79.0 Å². The number of carbonyl (C=O) groups excluding carboxylic acids is 1. The quantitative estimate of drug-likeness (QED) is 0.386. The molecule has 158 valence electrons. The number of carbonyl (C=O) groups is 1. The summed E-state index contributed by atoms with van der Waals surface area (Å²) in [6.07, 6.45) is 1.80. The van der Waals surface area contributed by atoms with E-state index in [0.29, 0.717) is 5.56 Å². The highest BCUT2D eigenvalue weighted by atomic mass is 16.5. The van der Waals surface area contributed by atoms with Crippen LogP contribution >= 0.6 is 0 Å². The fourth-order valence-electron chi connectivity index (χ4n) is 3.79. The Kier molecular flexibility index (Phi) is 6.05. The van der Waals surface area contributed by atoms with Crippen LogP contribution in [0.2, 0.25) is 0 Å². The normalized spacial score (nSPS) is 12.1. The molecule has 4 aromatic rings. The summed E-state index contributed by atoms with van der Waals surface area (Å²) >= 11 is 0. The molecule has 0 fully saturated rings. The fourth-order valence-corrected chi connectivity index (χ4v) is 3.79. The van der Waals surface area contributed by atoms with Gasteiger partial charge >= 0.3 is 0 Å². The minimum absolute atomic E-state index is 0.0145. The van der Waals surface area contributed by atoms with Gasteiger partial charge < -0.3 is 19.9 Å². The van der Waals surface area contributed by atoms with E-state index < -0.39 is 6.04 Å². The van der Waals surface area contributed by atoms with Crippen LogP contribution in [0.1, 0.15) is 27.5 Å². The highest BCUT2D eigenvalue weighted by Crippen LogP contribution is 2.29. The lowest BCUT2D eigenvalue weighted by atomic mass is 9.95. The maximum absolute atomic E-state index is 13.7. The number of hydrogen-bond acceptors (Lipinski definition) is 4. The monoisotopic (exact) mass is 413 g/mol. The molecule has 1 unspecified atom stereocenters. The molecule has 1 atom stereocenters. The summed E-state index contributed by atoms with van der Waals surface area (Å²) in [6, 6.07) is 23.2. The predicted molar refractivity (Wildman–Crippen MR) is 126 cm³/mol. The minimum atomic E-state index is -0.528. The number of nitrogens with one attached hydrogen (secondary N) is 2. The third kappa shape index (κ3) is 4.62. The van der Waals surface area contributed by atoms with Crippen LogP contribution < -0.4 is 10.1 Å². The standard InChI is InChI=1S/C26H27N3O2/c1-29(2)17-18-11-13-19(14-12-18)25(28-20-7-6-8-21(15-20)31-3)26(30)23-16-27-24-10-5-4-9-22(23)24/h4-16,25,27-28H,17H2,1-3H3. The number of benzene rings is 3. The maximum atomic E-state index is 13.7. The van der Waals surface area contributed by atoms with Crippen molar-refractivity contribution in [2.75, 3.05) is 26.5 Å². The van der Waals surface area contributed by atoms with Gasteiger partial charge in [-0.2, -0.15) is 0 Å². The number of anilines is 1. The van der Waals surface area contributed by atoms with E-state index in [1.165, 1.54) is 5.56 Å². The molecule has 0 aliphatic carbocycles. The van der Waals surface area contributed by atoms with E-state index in [1.807, 2.05) is 74.8 Å². The molecule has 0 spiro atoms. The summed E-state index contributed by atoms with van der Waals surface area (Å²) in [5.41, 5.74) is 4.57. The average molecular weight is 414 g/mol. The molecule has 0 saturated carbocycles. The molecule has 0 aliphatic rings. The molecular weight excluding hydrogens is 386 g/mol. The van der Waals surface area contributed by atoms with Gasteiger partial charge in [0.2, 0.25) is 0 Å². The molecule has 0 bridgehead atoms. The minimum Gasteiger partial charge on any atom is -0.497 e. The molecule has 0 amide bonds. The first-order valence-corrected chi connectivity index (χ1v) is 10.3. The Morgan fingerprint density at radius 1 is 1.03 bits per heavy atom. The Hall–Kier alpha value is -3.57. The lowest BCUT2D eigenvalue weighted by molar-refractivity contribution is 0.0971. The zero-order valence-electron chi connectivity index (χ0n) is 18.1. The van der Waals surface area contributed by atoms with Crippen molar-refractivity contribution in [3.63, 3.8) is 0 Å². The van der Waals surface area contributed by atoms with Gasteiger partial charge in [-0.3, -0.25) is 4.79 Å². The number of rotatable bonds is 8. The van der Waals surface area contributed by atoms with Gasteiger partial charge in [-0.05, 0) is 43.4 Å². The van der Waals surface area contributed by atoms with Gasteiger partial charge in [-0.1, -0.05) is 48.5 Å². The van der Waals surface area contributed by atoms with Crippen LogP contribution in [0.25, 0.3) is 10.9 Å². The summed E-state index contributed by atoms with van der Waals surface area (Å²) < 4.78 is 5.35. The molecule has 4 rings (SSSR count). The molecule has 0 radical (unpaired) electrons. The Morgan fingerprint density at radius 2 is 1.81 bits per heavy atom. The Balaban J connectivity index is 1.72. The smallest absolute Gasteiger partial charge is 0.191 e. The molecular formula is C26H27N3O2. The second-order valence-electron chi connectivity index (χ2n) is 7.90. The number of ketones is 1. The number of H-pyrrole nitrogens is 1. The molecule has 2 N–H and O–H groups in total. The SMILES string of the molecule is COc1cccc(NC(C(=O)c2c[nH]c3ccccc23)c2ccc(CN(C)C)cc2)c1. The van der Waals surface area contributed by atoms with Gasteiger partial charge in [-0.25, -0.2) is 0 Å². The zero-order chi connectivity index (χ0) is 21.8. The highest BCUT2D eigenvalue weighted by Gasteiger charge is 2.24. The summed E-state index contributed by atoms with van der Waals surface area (Å²) in [5.74, 6) is 0.755. The number of ether oxygens (including phenoxy) is 1. The topological polar surface area (TPSA) is 57.4 Å². The van der Waals surface area contributed by atoms with Crippen molar-refractivity contribution in [1.82, 2.24) is 9.88 Å². The molecule has 31 heavy (non-hydrogen) atoms. The van der Waals surface area contributed by atoms with E-state index in [-0.39, 0.29) is 5.78 Å². The summed E-state index contributed by atoms with van der Waals surface area (Å²) in [5, 5.41) is 4.35. The first-order chi connectivity index (χ1) is 15.0. The van der Waals surface area contributed by atoms with Gasteiger partial charge in [-0.15, -0.1) is 0 Å². The fraction of sp³-hybridized carbons (Fsp3) is 0.192. The van der Waals surface area contributed by atoms with Crippen molar-refractivity contribution in [3.8, 4) is 5.75 Å². The van der Waals surface area contributed by atoms with Crippen molar-refractivity contribution in [2.24, 2.45) is 0 Å². The van der Waals surface area contributed by atoms with Crippen molar-refractivity contribution in [3.05, 3.63) is 95.7 Å². The summed E-state index contributed by atoms with van der Waals surface area (Å²) in [4.78, 5) is 19.1. The molecule has 5 heteroatoms. The van der Waals surface area contributed by atoms with Gasteiger partial charge in [0.15, 0.2) is 5.78 Å². The van der Waals surface area contributed by atoms with Crippen molar-refractivity contribution < 1.29 is 9.53 Å². The summed E-state index contributed by atoms with van der Waals surface area (Å²) in [6.45, 7) is 0.852. The van der Waals surface area contributed by atoms with Gasteiger partial charge in [0, 0.05) is 41.0 Å². The van der Waals surface area contributed by atoms with E-state index in [1.54, 1.807) is 13.3 Å². The first-order valence-electron chi connectivity index (χ1n) is 10.3. The molecule has 3 aromatic carbocycles. The third-order valence-electron chi connectivity index (χ3n) is 5.31. The van der Waals surface area contributed by atoms with Gasteiger partial charge in [0.25, 0.3) is 0 Å². The molecule has 1 aromatic heterocycles. The third-order valence-corrected chi connectivity index (χ3v) is 5.31. The van der Waals surface area contributed by atoms with Crippen molar-refractivity contribution in [1.29, 1.82) is 0 Å². The van der Waals surface area contributed by atoms with Crippen molar-refractivity contribution in [2.45, 2.75) is 12.6 Å². The Morgan fingerprint density at radius 3 is 2.55 bits per heavy atom. The molecule has 0 aliphatic heterocycles. The lowest BCUT2D eigenvalue weighted by Gasteiger charge is -2.20. The van der Waals surface area contributed by atoms with Gasteiger partial charge in [0.05, 0.1) is 7.11 Å². The van der Waals surface area contributed by atoms with E-state index >= 15 is 0 Å². The van der Waals surface area contributed by atoms with Crippen LogP contribution in [-0.2, 0) is 6.54 Å². The average Bonchev–Trinajstić information content (AvgIpc) is 3.22. The van der Waals surface area contributed by atoms with Crippen LogP contribution in [0.4, 0.5) is 5.69 Å². The molecule has 1 heterocycles.